The highest BCUT2D eigenvalue weighted by molar-refractivity contribution is 6.31. The lowest BCUT2D eigenvalue weighted by Crippen LogP contribution is -2.24. The van der Waals surface area contributed by atoms with Gasteiger partial charge in [0.25, 0.3) is 11.5 Å². The average molecular weight is 546 g/mol. The third-order valence-electron chi connectivity index (χ3n) is 6.72. The first kappa shape index (κ1) is 25.7. The van der Waals surface area contributed by atoms with Crippen LogP contribution in [0.2, 0.25) is 5.02 Å². The Kier molecular flexibility index (Phi) is 6.34. The van der Waals surface area contributed by atoms with Crippen LogP contribution in [0.4, 0.5) is 17.6 Å². The number of hydrogen-bond donors (Lipinski definition) is 1. The van der Waals surface area contributed by atoms with E-state index in [9.17, 15) is 22.8 Å². The van der Waals surface area contributed by atoms with Crippen molar-refractivity contribution in [2.75, 3.05) is 0 Å². The molecule has 12 heteroatoms. The van der Waals surface area contributed by atoms with E-state index in [-0.39, 0.29) is 33.7 Å². The molecular formula is C26H20ClF4N5O2. The number of carbonyl (C=O) groups excluding carboxylic acids is 1. The van der Waals surface area contributed by atoms with E-state index in [0.29, 0.717) is 27.9 Å². The van der Waals surface area contributed by atoms with Crippen molar-refractivity contribution in [2.24, 2.45) is 5.73 Å². The average Bonchev–Trinajstić information content (AvgIpc) is 3.49. The Balaban J connectivity index is 1.58. The van der Waals surface area contributed by atoms with Crippen LogP contribution in [-0.4, -0.2) is 25.2 Å². The van der Waals surface area contributed by atoms with Gasteiger partial charge in [-0.15, -0.1) is 0 Å². The molecule has 4 aromatic rings. The minimum Gasteiger partial charge on any atom is -0.366 e. The van der Waals surface area contributed by atoms with Gasteiger partial charge in [0.1, 0.15) is 16.5 Å². The summed E-state index contributed by atoms with van der Waals surface area (Å²) in [6.07, 6.45) is 4.50. The fraction of sp³-hybridized carbons (Fsp3) is 0.231. The third-order valence-corrected chi connectivity index (χ3v) is 7.10. The van der Waals surface area contributed by atoms with Crippen molar-refractivity contribution in [1.29, 1.82) is 0 Å². The van der Waals surface area contributed by atoms with Crippen LogP contribution in [0.15, 0.2) is 47.7 Å². The number of aryl methyl sites for hydroxylation is 2. The highest BCUT2D eigenvalue weighted by Crippen LogP contribution is 2.56. The normalized spacial score (nSPS) is 16.7. The molecule has 0 radical (unpaired) electrons. The highest BCUT2D eigenvalue weighted by Gasteiger charge is 2.42. The summed E-state index contributed by atoms with van der Waals surface area (Å²) in [5.74, 6) is -3.37. The van der Waals surface area contributed by atoms with Crippen molar-refractivity contribution in [1.82, 2.24) is 19.3 Å². The van der Waals surface area contributed by atoms with Crippen LogP contribution in [0.5, 0.6) is 0 Å². The zero-order valence-corrected chi connectivity index (χ0v) is 20.8. The Morgan fingerprint density at radius 3 is 2.55 bits per heavy atom. The summed E-state index contributed by atoms with van der Waals surface area (Å²) < 4.78 is 58.3. The van der Waals surface area contributed by atoms with Crippen molar-refractivity contribution < 1.29 is 22.4 Å². The van der Waals surface area contributed by atoms with Gasteiger partial charge in [-0.05, 0) is 67.0 Å². The highest BCUT2D eigenvalue weighted by atomic mass is 35.5. The molecular weight excluding hydrogens is 526 g/mol. The zero-order chi connectivity index (χ0) is 27.5. The lowest BCUT2D eigenvalue weighted by atomic mass is 10.0. The second kappa shape index (κ2) is 9.39. The maximum absolute atomic E-state index is 15.9. The van der Waals surface area contributed by atoms with Gasteiger partial charge in [-0.2, -0.15) is 13.9 Å². The van der Waals surface area contributed by atoms with Crippen LogP contribution in [0.1, 0.15) is 57.5 Å². The van der Waals surface area contributed by atoms with Crippen molar-refractivity contribution in [3.8, 4) is 16.9 Å². The predicted octanol–water partition coefficient (Wildman–Crippen LogP) is 5.41. The van der Waals surface area contributed by atoms with Gasteiger partial charge in [0.15, 0.2) is 5.82 Å². The second-order valence-electron chi connectivity index (χ2n) is 9.16. The monoisotopic (exact) mass is 545 g/mol. The van der Waals surface area contributed by atoms with Crippen LogP contribution < -0.4 is 11.3 Å². The molecule has 5 rings (SSSR count). The predicted molar refractivity (Wildman–Crippen MR) is 132 cm³/mol. The summed E-state index contributed by atoms with van der Waals surface area (Å²) in [6, 6.07) is 5.42. The van der Waals surface area contributed by atoms with E-state index >= 15 is 4.39 Å². The first-order chi connectivity index (χ1) is 18.0. The molecule has 1 aliphatic rings. The van der Waals surface area contributed by atoms with Crippen molar-refractivity contribution >= 4 is 17.5 Å². The van der Waals surface area contributed by atoms with Gasteiger partial charge >= 0.3 is 6.55 Å². The van der Waals surface area contributed by atoms with Gasteiger partial charge in [0.05, 0.1) is 17.4 Å². The maximum atomic E-state index is 15.9. The fourth-order valence-corrected chi connectivity index (χ4v) is 5.05. The van der Waals surface area contributed by atoms with E-state index in [2.05, 4.69) is 10.1 Å². The number of carbonyl (C=O) groups is 1. The molecule has 1 saturated carbocycles. The quantitative estimate of drug-likeness (QED) is 0.328. The SMILES string of the molecule is Cc1cnc(-c2cccc(C(N)=O)c2F)c(F)c1-n1c(C)cc([C@H]2C[C@@H]2c2cnn(C(F)F)c2)c(Cl)c1=O. The molecule has 38 heavy (non-hydrogen) atoms. The summed E-state index contributed by atoms with van der Waals surface area (Å²) in [6.45, 7) is 0.378. The molecule has 1 fully saturated rings. The number of hydrogen-bond acceptors (Lipinski definition) is 4. The van der Waals surface area contributed by atoms with Crippen LogP contribution in [0.25, 0.3) is 16.9 Å². The molecule has 3 heterocycles. The van der Waals surface area contributed by atoms with E-state index < -0.39 is 40.9 Å². The van der Waals surface area contributed by atoms with Crippen molar-refractivity contribution in [3.05, 3.63) is 97.8 Å². The summed E-state index contributed by atoms with van der Waals surface area (Å²) in [4.78, 5) is 29.0. The van der Waals surface area contributed by atoms with E-state index in [0.717, 1.165) is 4.57 Å². The van der Waals surface area contributed by atoms with E-state index in [1.54, 1.807) is 13.0 Å². The van der Waals surface area contributed by atoms with Gasteiger partial charge in [0.2, 0.25) is 0 Å². The third kappa shape index (κ3) is 4.16. The molecule has 0 bridgehead atoms. The molecule has 0 saturated heterocycles. The molecule has 196 valence electrons. The Bertz CT molecular complexity index is 1670. The molecule has 1 aliphatic carbocycles. The number of benzene rings is 1. The molecule has 3 aromatic heterocycles. The number of aromatic nitrogens is 4. The standard InChI is InChI=1S/C26H20ClF4N5O2/c1-11-8-33-22(14-4-3-5-15(20(14)28)24(32)37)21(29)23(11)36-12(2)6-18(19(27)25(36)38)17-7-16(17)13-9-34-35(10-13)26(30)31/h3-6,8-10,16-17,26H,7H2,1-2H3,(H2,32,37)/t16-,17+/m1/s1. The molecule has 2 N–H and O–H groups in total. The van der Waals surface area contributed by atoms with Gasteiger partial charge in [-0.25, -0.2) is 13.5 Å². The topological polar surface area (TPSA) is 95.8 Å². The number of nitrogens with two attached hydrogens (primary N) is 1. The van der Waals surface area contributed by atoms with E-state index in [1.165, 1.54) is 43.7 Å². The van der Waals surface area contributed by atoms with E-state index in [4.69, 9.17) is 17.3 Å². The first-order valence-electron chi connectivity index (χ1n) is 11.5. The van der Waals surface area contributed by atoms with E-state index in [1.807, 2.05) is 0 Å². The number of nitrogens with zero attached hydrogens (tertiary/aromatic N) is 4. The lowest BCUT2D eigenvalue weighted by Gasteiger charge is -2.18. The minimum atomic E-state index is -2.76. The maximum Gasteiger partial charge on any atom is 0.333 e. The minimum absolute atomic E-state index is 0.136. The molecule has 1 amide bonds. The van der Waals surface area contributed by atoms with Crippen LogP contribution >= 0.6 is 11.6 Å². The number of amides is 1. The summed E-state index contributed by atoms with van der Waals surface area (Å²) in [7, 11) is 0. The van der Waals surface area contributed by atoms with Crippen LogP contribution in [-0.2, 0) is 0 Å². The number of rotatable bonds is 6. The first-order valence-corrected chi connectivity index (χ1v) is 11.9. The fourth-order valence-electron chi connectivity index (χ4n) is 4.77. The molecule has 1 aromatic carbocycles. The van der Waals surface area contributed by atoms with Crippen molar-refractivity contribution in [2.45, 2.75) is 38.7 Å². The van der Waals surface area contributed by atoms with Gasteiger partial charge in [0, 0.05) is 23.7 Å². The molecule has 0 aliphatic heterocycles. The number of alkyl halides is 2. The second-order valence-corrected chi connectivity index (χ2v) is 9.54. The Hall–Kier alpha value is -3.99. The molecule has 7 nitrogen and oxygen atoms in total. The summed E-state index contributed by atoms with van der Waals surface area (Å²) >= 11 is 6.48. The summed E-state index contributed by atoms with van der Waals surface area (Å²) in [5.41, 5.74) is 5.00. The molecule has 2 atom stereocenters. The Morgan fingerprint density at radius 1 is 1.16 bits per heavy atom. The largest absolute Gasteiger partial charge is 0.366 e. The Labute approximate surface area is 218 Å². The summed E-state index contributed by atoms with van der Waals surface area (Å²) in [5, 5.41) is 3.52. The van der Waals surface area contributed by atoms with Crippen molar-refractivity contribution in [3.63, 3.8) is 0 Å². The number of primary amides is 1. The van der Waals surface area contributed by atoms with Gasteiger partial charge in [-0.1, -0.05) is 17.7 Å². The Morgan fingerprint density at radius 2 is 1.89 bits per heavy atom. The smallest absolute Gasteiger partial charge is 0.333 e. The lowest BCUT2D eigenvalue weighted by molar-refractivity contribution is 0.0565. The number of pyridine rings is 2. The molecule has 0 spiro atoms. The molecule has 0 unspecified atom stereocenters. The zero-order valence-electron chi connectivity index (χ0n) is 20.1. The van der Waals surface area contributed by atoms with Gasteiger partial charge < -0.3 is 5.73 Å². The van der Waals surface area contributed by atoms with Crippen LogP contribution in [0, 0.1) is 25.5 Å². The van der Waals surface area contributed by atoms with Crippen LogP contribution in [0.3, 0.4) is 0 Å². The van der Waals surface area contributed by atoms with Gasteiger partial charge in [-0.3, -0.25) is 19.1 Å². The number of halogens is 5.